The summed E-state index contributed by atoms with van der Waals surface area (Å²) in [7, 11) is 1.59. The summed E-state index contributed by atoms with van der Waals surface area (Å²) >= 11 is 0. The third kappa shape index (κ3) is 4.50. The number of aliphatic hydroxyl groups is 1. The maximum atomic E-state index is 11.0. The zero-order chi connectivity index (χ0) is 20.9. The number of fused-ring (bicyclic) bond motifs is 1. The van der Waals surface area contributed by atoms with E-state index in [0.717, 1.165) is 5.56 Å². The SMILES string of the molecule is C=CCO[C@@H]1[C@@H](O)[C@@H](Oc2ccc(OC)cc2)O[C@@H]2COC(c3ccccc3)O[C@H]12. The average Bonchev–Trinajstić information content (AvgIpc) is 2.80. The van der Waals surface area contributed by atoms with Gasteiger partial charge in [-0.25, -0.2) is 0 Å². The van der Waals surface area contributed by atoms with E-state index in [2.05, 4.69) is 6.58 Å². The van der Waals surface area contributed by atoms with Gasteiger partial charge in [-0.05, 0) is 24.3 Å². The van der Waals surface area contributed by atoms with Crippen molar-refractivity contribution in [1.82, 2.24) is 0 Å². The zero-order valence-electron chi connectivity index (χ0n) is 16.8. The summed E-state index contributed by atoms with van der Waals surface area (Å²) in [6, 6.07) is 16.7. The molecule has 7 nitrogen and oxygen atoms in total. The molecule has 4 rings (SSSR count). The van der Waals surface area contributed by atoms with Crippen LogP contribution in [-0.4, -0.2) is 56.1 Å². The second-order valence-electron chi connectivity index (χ2n) is 7.09. The molecular weight excluding hydrogens is 388 g/mol. The Kier molecular flexibility index (Phi) is 6.66. The Bertz CT molecular complexity index is 810. The van der Waals surface area contributed by atoms with Crippen LogP contribution in [0.3, 0.4) is 0 Å². The summed E-state index contributed by atoms with van der Waals surface area (Å²) in [5, 5.41) is 11.0. The molecule has 6 atom stereocenters. The zero-order valence-corrected chi connectivity index (χ0v) is 16.8. The fraction of sp³-hybridized carbons (Fsp3) is 0.391. The number of methoxy groups -OCH3 is 1. The second-order valence-corrected chi connectivity index (χ2v) is 7.09. The minimum Gasteiger partial charge on any atom is -0.497 e. The number of rotatable bonds is 7. The molecule has 30 heavy (non-hydrogen) atoms. The van der Waals surface area contributed by atoms with Crippen LogP contribution < -0.4 is 9.47 Å². The number of ether oxygens (including phenoxy) is 6. The molecule has 0 saturated carbocycles. The van der Waals surface area contributed by atoms with Crippen molar-refractivity contribution >= 4 is 0 Å². The summed E-state index contributed by atoms with van der Waals surface area (Å²) in [5.41, 5.74) is 0.893. The van der Waals surface area contributed by atoms with Crippen LogP contribution in [0.25, 0.3) is 0 Å². The molecule has 2 aliphatic rings. The molecule has 7 heteroatoms. The second kappa shape index (κ2) is 9.59. The fourth-order valence-electron chi connectivity index (χ4n) is 3.60. The van der Waals surface area contributed by atoms with E-state index in [1.54, 1.807) is 37.5 Å². The van der Waals surface area contributed by atoms with E-state index in [1.165, 1.54) is 0 Å². The highest BCUT2D eigenvalue weighted by Gasteiger charge is 2.51. The maximum absolute atomic E-state index is 11.0. The molecule has 2 heterocycles. The first-order valence-electron chi connectivity index (χ1n) is 9.88. The van der Waals surface area contributed by atoms with Crippen molar-refractivity contribution in [1.29, 1.82) is 0 Å². The van der Waals surface area contributed by atoms with E-state index in [-0.39, 0.29) is 13.2 Å². The van der Waals surface area contributed by atoms with Crippen molar-refractivity contribution in [2.45, 2.75) is 37.0 Å². The van der Waals surface area contributed by atoms with Crippen LogP contribution in [0.2, 0.25) is 0 Å². The van der Waals surface area contributed by atoms with Crippen LogP contribution in [0.15, 0.2) is 67.3 Å². The van der Waals surface area contributed by atoms with Gasteiger partial charge in [0, 0.05) is 5.56 Å². The third-order valence-electron chi connectivity index (χ3n) is 5.10. The Hall–Kier alpha value is -2.42. The lowest BCUT2D eigenvalue weighted by Crippen LogP contribution is -2.63. The quantitative estimate of drug-likeness (QED) is 0.698. The van der Waals surface area contributed by atoms with Crippen molar-refractivity contribution in [3.8, 4) is 11.5 Å². The van der Waals surface area contributed by atoms with Crippen LogP contribution in [0.5, 0.6) is 11.5 Å². The first-order chi connectivity index (χ1) is 14.7. The lowest BCUT2D eigenvalue weighted by atomic mass is 9.97. The van der Waals surface area contributed by atoms with Crippen molar-refractivity contribution < 1.29 is 33.5 Å². The Labute approximate surface area is 175 Å². The van der Waals surface area contributed by atoms with Gasteiger partial charge in [-0.2, -0.15) is 0 Å². The Morgan fingerprint density at radius 2 is 1.80 bits per heavy atom. The van der Waals surface area contributed by atoms with Gasteiger partial charge in [-0.15, -0.1) is 6.58 Å². The van der Waals surface area contributed by atoms with Crippen molar-refractivity contribution in [3.63, 3.8) is 0 Å². The van der Waals surface area contributed by atoms with Gasteiger partial charge in [0.25, 0.3) is 0 Å². The predicted octanol–water partition coefficient (Wildman–Crippen LogP) is 2.85. The highest BCUT2D eigenvalue weighted by Crippen LogP contribution is 2.36. The molecule has 0 aliphatic carbocycles. The molecule has 2 saturated heterocycles. The highest BCUT2D eigenvalue weighted by molar-refractivity contribution is 5.31. The van der Waals surface area contributed by atoms with Crippen LogP contribution in [0.4, 0.5) is 0 Å². The first kappa shape index (κ1) is 20.8. The standard InChI is InChI=1S/C23H26O7/c1-3-13-26-21-19(24)23(28-17-11-9-16(25-2)10-12-17)29-18-14-27-22(30-20(18)21)15-7-5-4-6-8-15/h3-12,18-24H,1,13-14H2,2H3/t18-,19-,20+,21-,22?,23+/m1/s1. The molecular formula is C23H26O7. The third-order valence-corrected chi connectivity index (χ3v) is 5.10. The van der Waals surface area contributed by atoms with Crippen LogP contribution in [0.1, 0.15) is 11.9 Å². The van der Waals surface area contributed by atoms with E-state index >= 15 is 0 Å². The normalized spacial score (nSPS) is 30.9. The van der Waals surface area contributed by atoms with Crippen LogP contribution in [0, 0.1) is 0 Å². The highest BCUT2D eigenvalue weighted by atomic mass is 16.8. The van der Waals surface area contributed by atoms with Gasteiger partial charge in [-0.3, -0.25) is 0 Å². The van der Waals surface area contributed by atoms with E-state index in [1.807, 2.05) is 30.3 Å². The maximum Gasteiger partial charge on any atom is 0.229 e. The average molecular weight is 414 g/mol. The lowest BCUT2D eigenvalue weighted by molar-refractivity contribution is -0.354. The molecule has 160 valence electrons. The molecule has 2 aromatic carbocycles. The number of hydrogen-bond acceptors (Lipinski definition) is 7. The van der Waals surface area contributed by atoms with E-state index in [4.69, 9.17) is 28.4 Å². The van der Waals surface area contributed by atoms with Crippen LogP contribution >= 0.6 is 0 Å². The molecule has 0 amide bonds. The van der Waals surface area contributed by atoms with Gasteiger partial charge < -0.3 is 33.5 Å². The predicted molar refractivity (Wildman–Crippen MR) is 108 cm³/mol. The van der Waals surface area contributed by atoms with Gasteiger partial charge in [0.1, 0.15) is 35.9 Å². The van der Waals surface area contributed by atoms with E-state index in [0.29, 0.717) is 11.5 Å². The van der Waals surface area contributed by atoms with Gasteiger partial charge >= 0.3 is 0 Å². The van der Waals surface area contributed by atoms with Crippen LogP contribution in [-0.2, 0) is 18.9 Å². The molecule has 0 spiro atoms. The first-order valence-corrected chi connectivity index (χ1v) is 9.88. The summed E-state index contributed by atoms with van der Waals surface area (Å²) in [4.78, 5) is 0. The van der Waals surface area contributed by atoms with Gasteiger partial charge in [0.05, 0.1) is 20.3 Å². The Morgan fingerprint density at radius 1 is 1.07 bits per heavy atom. The number of hydrogen-bond donors (Lipinski definition) is 1. The molecule has 2 aromatic rings. The lowest BCUT2D eigenvalue weighted by Gasteiger charge is -2.47. The largest absolute Gasteiger partial charge is 0.497 e. The fourth-order valence-corrected chi connectivity index (χ4v) is 3.60. The molecule has 0 radical (unpaired) electrons. The Balaban J connectivity index is 1.50. The molecule has 1 N–H and O–H groups in total. The molecule has 0 aromatic heterocycles. The van der Waals surface area contributed by atoms with Crippen molar-refractivity contribution in [3.05, 3.63) is 72.8 Å². The number of aliphatic hydroxyl groups excluding tert-OH is 1. The minimum atomic E-state index is -1.07. The molecule has 1 unspecified atom stereocenters. The summed E-state index contributed by atoms with van der Waals surface area (Å²) in [5.74, 6) is 1.25. The van der Waals surface area contributed by atoms with Gasteiger partial charge in [0.15, 0.2) is 6.29 Å². The summed E-state index contributed by atoms with van der Waals surface area (Å²) in [6.45, 7) is 4.24. The van der Waals surface area contributed by atoms with Crippen molar-refractivity contribution in [2.24, 2.45) is 0 Å². The van der Waals surface area contributed by atoms with Gasteiger partial charge in [-0.1, -0.05) is 36.4 Å². The minimum absolute atomic E-state index is 0.264. The summed E-state index contributed by atoms with van der Waals surface area (Å²) in [6.07, 6.45) is -2.57. The topological polar surface area (TPSA) is 75.6 Å². The summed E-state index contributed by atoms with van der Waals surface area (Å²) < 4.78 is 34.9. The Morgan fingerprint density at radius 3 is 2.50 bits per heavy atom. The van der Waals surface area contributed by atoms with E-state index in [9.17, 15) is 5.11 Å². The molecule has 2 aliphatic heterocycles. The molecule has 0 bridgehead atoms. The van der Waals surface area contributed by atoms with Gasteiger partial charge in [0.2, 0.25) is 6.29 Å². The van der Waals surface area contributed by atoms with Crippen molar-refractivity contribution in [2.75, 3.05) is 20.3 Å². The smallest absolute Gasteiger partial charge is 0.229 e. The van der Waals surface area contributed by atoms with E-state index < -0.39 is 37.0 Å². The molecule has 2 fully saturated rings. The number of benzene rings is 2. The monoisotopic (exact) mass is 414 g/mol.